The molecule has 0 saturated heterocycles. The maximum absolute atomic E-state index is 5.80. The zero-order valence-electron chi connectivity index (χ0n) is 7.42. The highest BCUT2D eigenvalue weighted by molar-refractivity contribution is 4.90. The van der Waals surface area contributed by atoms with Crippen LogP contribution in [0.5, 0.6) is 0 Å². The van der Waals surface area contributed by atoms with Crippen LogP contribution in [0.4, 0.5) is 0 Å². The molecule has 3 rings (SSSR count). The van der Waals surface area contributed by atoms with Crippen LogP contribution in [0.3, 0.4) is 0 Å². The van der Waals surface area contributed by atoms with Gasteiger partial charge in [0.1, 0.15) is 0 Å². The summed E-state index contributed by atoms with van der Waals surface area (Å²) in [6, 6.07) is 0.428. The SMILES string of the molecule is CC(N)CC1CCC2CC1C2. The Hall–Kier alpha value is -0.0400. The summed E-state index contributed by atoms with van der Waals surface area (Å²) in [7, 11) is 0. The molecule has 0 amide bonds. The molecule has 1 heteroatoms. The summed E-state index contributed by atoms with van der Waals surface area (Å²) in [6.45, 7) is 2.14. The van der Waals surface area contributed by atoms with Gasteiger partial charge in [0.25, 0.3) is 0 Å². The molecule has 3 fully saturated rings. The van der Waals surface area contributed by atoms with Crippen molar-refractivity contribution in [2.75, 3.05) is 0 Å². The zero-order valence-corrected chi connectivity index (χ0v) is 7.42. The average Bonchev–Trinajstić information content (AvgIpc) is 1.83. The molecule has 2 atom stereocenters. The Morgan fingerprint density at radius 2 is 2.09 bits per heavy atom. The van der Waals surface area contributed by atoms with Crippen LogP contribution in [0, 0.1) is 17.8 Å². The van der Waals surface area contributed by atoms with Crippen LogP contribution in [0.25, 0.3) is 0 Å². The number of nitrogens with two attached hydrogens (primary N) is 1. The Balaban J connectivity index is 1.83. The molecule has 2 unspecified atom stereocenters. The van der Waals surface area contributed by atoms with Gasteiger partial charge in [-0.3, -0.25) is 0 Å². The van der Waals surface area contributed by atoms with E-state index in [1.165, 1.54) is 32.1 Å². The van der Waals surface area contributed by atoms with Crippen molar-refractivity contribution in [3.8, 4) is 0 Å². The predicted molar refractivity (Wildman–Crippen MR) is 47.2 cm³/mol. The smallest absolute Gasteiger partial charge is 0.00132 e. The number of rotatable bonds is 2. The summed E-state index contributed by atoms with van der Waals surface area (Å²) in [5.74, 6) is 3.17. The van der Waals surface area contributed by atoms with Crippen molar-refractivity contribution in [2.45, 2.75) is 45.1 Å². The van der Waals surface area contributed by atoms with Crippen LogP contribution < -0.4 is 5.73 Å². The molecule has 0 aliphatic heterocycles. The lowest BCUT2D eigenvalue weighted by molar-refractivity contribution is 0.0425. The number of hydrogen-bond donors (Lipinski definition) is 1. The number of fused-ring (bicyclic) bond motifs is 2. The molecule has 0 aromatic heterocycles. The maximum atomic E-state index is 5.80. The predicted octanol–water partition coefficient (Wildman–Crippen LogP) is 2.16. The Labute approximate surface area is 69.4 Å². The average molecular weight is 153 g/mol. The molecule has 11 heavy (non-hydrogen) atoms. The molecule has 3 saturated carbocycles. The fraction of sp³-hybridized carbons (Fsp3) is 1.00. The third kappa shape index (κ3) is 1.44. The third-order valence-corrected chi connectivity index (χ3v) is 3.56. The molecule has 3 aliphatic carbocycles. The lowest BCUT2D eigenvalue weighted by Gasteiger charge is -2.47. The van der Waals surface area contributed by atoms with Crippen molar-refractivity contribution >= 4 is 0 Å². The summed E-state index contributed by atoms with van der Waals surface area (Å²) in [4.78, 5) is 0. The molecule has 0 spiro atoms. The van der Waals surface area contributed by atoms with Gasteiger partial charge in [0.15, 0.2) is 0 Å². The van der Waals surface area contributed by atoms with Gasteiger partial charge >= 0.3 is 0 Å². The van der Waals surface area contributed by atoms with Crippen LogP contribution in [0.1, 0.15) is 39.0 Å². The monoisotopic (exact) mass is 153 g/mol. The highest BCUT2D eigenvalue weighted by Gasteiger charge is 2.39. The van der Waals surface area contributed by atoms with E-state index in [1.807, 2.05) is 0 Å². The van der Waals surface area contributed by atoms with Gasteiger partial charge in [-0.05, 0) is 50.4 Å². The van der Waals surface area contributed by atoms with Gasteiger partial charge in [-0.15, -0.1) is 0 Å². The van der Waals surface area contributed by atoms with Crippen LogP contribution >= 0.6 is 0 Å². The van der Waals surface area contributed by atoms with Crippen molar-refractivity contribution in [3.05, 3.63) is 0 Å². The van der Waals surface area contributed by atoms with Crippen molar-refractivity contribution < 1.29 is 0 Å². The van der Waals surface area contributed by atoms with Gasteiger partial charge in [-0.1, -0.05) is 6.42 Å². The van der Waals surface area contributed by atoms with E-state index in [0.29, 0.717) is 6.04 Å². The fourth-order valence-corrected chi connectivity index (χ4v) is 2.88. The molecular weight excluding hydrogens is 134 g/mol. The molecule has 1 nitrogen and oxygen atoms in total. The minimum absolute atomic E-state index is 0.428. The normalized spacial score (nSPS) is 44.7. The van der Waals surface area contributed by atoms with Gasteiger partial charge in [0, 0.05) is 6.04 Å². The van der Waals surface area contributed by atoms with Crippen LogP contribution in [-0.4, -0.2) is 6.04 Å². The summed E-state index contributed by atoms with van der Waals surface area (Å²) < 4.78 is 0. The maximum Gasteiger partial charge on any atom is 0.00132 e. The molecule has 64 valence electrons. The summed E-state index contributed by atoms with van der Waals surface area (Å²) in [5.41, 5.74) is 5.80. The van der Waals surface area contributed by atoms with Gasteiger partial charge in [0.2, 0.25) is 0 Å². The van der Waals surface area contributed by atoms with E-state index in [4.69, 9.17) is 5.73 Å². The van der Waals surface area contributed by atoms with E-state index >= 15 is 0 Å². The second-order valence-corrected chi connectivity index (χ2v) is 4.65. The van der Waals surface area contributed by atoms with E-state index < -0.39 is 0 Å². The van der Waals surface area contributed by atoms with E-state index in [9.17, 15) is 0 Å². The Bertz CT molecular complexity index is 133. The lowest BCUT2D eigenvalue weighted by Crippen LogP contribution is -2.38. The lowest BCUT2D eigenvalue weighted by atomic mass is 9.59. The first-order valence-electron chi connectivity index (χ1n) is 5.01. The Morgan fingerprint density at radius 3 is 2.55 bits per heavy atom. The quantitative estimate of drug-likeness (QED) is 0.646. The molecule has 0 aromatic carbocycles. The summed E-state index contributed by atoms with van der Waals surface area (Å²) >= 11 is 0. The second-order valence-electron chi connectivity index (χ2n) is 4.65. The molecule has 2 N–H and O–H groups in total. The summed E-state index contributed by atoms with van der Waals surface area (Å²) in [6.07, 6.45) is 7.29. The standard InChI is InChI=1S/C10H19N/c1-7(11)4-9-3-2-8-5-10(9)6-8/h7-10H,2-6,11H2,1H3. The number of hydrogen-bond acceptors (Lipinski definition) is 1. The molecule has 3 aliphatic rings. The first kappa shape index (κ1) is 7.60. The van der Waals surface area contributed by atoms with Crippen molar-refractivity contribution in [2.24, 2.45) is 23.5 Å². The molecular formula is C10H19N. The first-order valence-corrected chi connectivity index (χ1v) is 5.01. The van der Waals surface area contributed by atoms with Crippen molar-refractivity contribution in [3.63, 3.8) is 0 Å². The van der Waals surface area contributed by atoms with Gasteiger partial charge in [-0.25, -0.2) is 0 Å². The van der Waals surface area contributed by atoms with Crippen LogP contribution in [0.2, 0.25) is 0 Å². The topological polar surface area (TPSA) is 26.0 Å². The van der Waals surface area contributed by atoms with Gasteiger partial charge < -0.3 is 5.73 Å². The minimum atomic E-state index is 0.428. The molecule has 0 radical (unpaired) electrons. The van der Waals surface area contributed by atoms with Crippen molar-refractivity contribution in [1.29, 1.82) is 0 Å². The molecule has 0 heterocycles. The molecule has 2 bridgehead atoms. The second kappa shape index (κ2) is 2.78. The summed E-state index contributed by atoms with van der Waals surface area (Å²) in [5, 5.41) is 0. The third-order valence-electron chi connectivity index (χ3n) is 3.56. The highest BCUT2D eigenvalue weighted by Crippen LogP contribution is 2.50. The zero-order chi connectivity index (χ0) is 7.84. The van der Waals surface area contributed by atoms with E-state index in [0.717, 1.165) is 17.8 Å². The van der Waals surface area contributed by atoms with Gasteiger partial charge in [0.05, 0.1) is 0 Å². The van der Waals surface area contributed by atoms with Crippen LogP contribution in [0.15, 0.2) is 0 Å². The fourth-order valence-electron chi connectivity index (χ4n) is 2.88. The van der Waals surface area contributed by atoms with E-state index in [2.05, 4.69) is 6.92 Å². The molecule has 0 aromatic rings. The van der Waals surface area contributed by atoms with Gasteiger partial charge in [-0.2, -0.15) is 0 Å². The first-order chi connectivity index (χ1) is 5.25. The largest absolute Gasteiger partial charge is 0.328 e. The minimum Gasteiger partial charge on any atom is -0.328 e. The van der Waals surface area contributed by atoms with E-state index in [1.54, 1.807) is 0 Å². The van der Waals surface area contributed by atoms with E-state index in [-0.39, 0.29) is 0 Å². The highest BCUT2D eigenvalue weighted by atomic mass is 14.6. The Morgan fingerprint density at radius 1 is 1.36 bits per heavy atom. The van der Waals surface area contributed by atoms with Crippen LogP contribution in [-0.2, 0) is 0 Å². The Kier molecular flexibility index (Phi) is 1.92. The van der Waals surface area contributed by atoms with Crippen molar-refractivity contribution in [1.82, 2.24) is 0 Å².